The van der Waals surface area contributed by atoms with E-state index in [1.807, 2.05) is 13.8 Å². The van der Waals surface area contributed by atoms with Crippen LogP contribution < -0.4 is 10.6 Å². The second-order valence-corrected chi connectivity index (χ2v) is 5.24. The number of hydrogen-bond acceptors (Lipinski definition) is 3. The second kappa shape index (κ2) is 8.52. The lowest BCUT2D eigenvalue weighted by molar-refractivity contribution is -0.121. The molecule has 0 saturated carbocycles. The summed E-state index contributed by atoms with van der Waals surface area (Å²) in [4.78, 5) is 23.9. The van der Waals surface area contributed by atoms with Crippen molar-refractivity contribution in [2.45, 2.75) is 33.2 Å². The Hall–Kier alpha value is -1.75. The van der Waals surface area contributed by atoms with Crippen LogP contribution in [0.4, 0.5) is 4.39 Å². The van der Waals surface area contributed by atoms with Crippen LogP contribution in [0, 0.1) is 11.7 Å². The maximum atomic E-state index is 13.1. The molecule has 5 heteroatoms. The van der Waals surface area contributed by atoms with E-state index in [9.17, 15) is 14.0 Å². The molecule has 0 aliphatic rings. The number of halogens is 1. The van der Waals surface area contributed by atoms with E-state index >= 15 is 0 Å². The molecule has 21 heavy (non-hydrogen) atoms. The van der Waals surface area contributed by atoms with Crippen molar-refractivity contribution < 1.29 is 14.0 Å². The van der Waals surface area contributed by atoms with E-state index in [4.69, 9.17) is 0 Å². The van der Waals surface area contributed by atoms with Gasteiger partial charge in [0.15, 0.2) is 5.78 Å². The van der Waals surface area contributed by atoms with E-state index in [0.29, 0.717) is 12.1 Å². The third-order valence-electron chi connectivity index (χ3n) is 3.21. The standard InChI is InChI=1S/C16H23FN2O2/c1-4-18-12(3)10-19-15(20)8-11(2)16(21)13-6-5-7-14(17)9-13/h5-7,9,11-12,18H,4,8,10H2,1-3H3,(H,19,20)/t11?,12-/m1/s1. The van der Waals surface area contributed by atoms with Gasteiger partial charge in [0.2, 0.25) is 5.91 Å². The maximum absolute atomic E-state index is 13.1. The Morgan fingerprint density at radius 2 is 2.00 bits per heavy atom. The van der Waals surface area contributed by atoms with Crippen molar-refractivity contribution in [1.29, 1.82) is 0 Å². The number of amides is 1. The fraction of sp³-hybridized carbons (Fsp3) is 0.500. The summed E-state index contributed by atoms with van der Waals surface area (Å²) < 4.78 is 13.1. The zero-order valence-electron chi connectivity index (χ0n) is 12.8. The van der Waals surface area contributed by atoms with Gasteiger partial charge in [-0.1, -0.05) is 26.0 Å². The normalized spacial score (nSPS) is 13.5. The average Bonchev–Trinajstić information content (AvgIpc) is 2.44. The smallest absolute Gasteiger partial charge is 0.220 e. The Labute approximate surface area is 125 Å². The van der Waals surface area contributed by atoms with Crippen molar-refractivity contribution in [3.8, 4) is 0 Å². The summed E-state index contributed by atoms with van der Waals surface area (Å²) in [5.41, 5.74) is 0.302. The summed E-state index contributed by atoms with van der Waals surface area (Å²) >= 11 is 0. The van der Waals surface area contributed by atoms with Gasteiger partial charge in [0, 0.05) is 30.5 Å². The number of rotatable bonds is 8. The zero-order chi connectivity index (χ0) is 15.8. The Morgan fingerprint density at radius 1 is 1.29 bits per heavy atom. The number of likely N-dealkylation sites (N-methyl/N-ethyl adjacent to an activating group) is 1. The molecule has 0 bridgehead atoms. The minimum Gasteiger partial charge on any atom is -0.355 e. The summed E-state index contributed by atoms with van der Waals surface area (Å²) in [5.74, 6) is -1.31. The van der Waals surface area contributed by atoms with Crippen molar-refractivity contribution in [2.75, 3.05) is 13.1 Å². The lowest BCUT2D eigenvalue weighted by Crippen LogP contribution is -2.39. The van der Waals surface area contributed by atoms with Gasteiger partial charge in [-0.25, -0.2) is 4.39 Å². The molecular weight excluding hydrogens is 271 g/mol. The first-order valence-electron chi connectivity index (χ1n) is 7.23. The summed E-state index contributed by atoms with van der Waals surface area (Å²) in [5, 5.41) is 5.97. The van der Waals surface area contributed by atoms with Crippen LogP contribution in [0.3, 0.4) is 0 Å². The molecule has 1 unspecified atom stereocenters. The van der Waals surface area contributed by atoms with Crippen molar-refractivity contribution in [3.63, 3.8) is 0 Å². The van der Waals surface area contributed by atoms with E-state index < -0.39 is 11.7 Å². The van der Waals surface area contributed by atoms with Gasteiger partial charge in [0.1, 0.15) is 5.82 Å². The first kappa shape index (κ1) is 17.3. The molecule has 0 spiro atoms. The van der Waals surface area contributed by atoms with Crippen LogP contribution in [0.25, 0.3) is 0 Å². The molecule has 0 saturated heterocycles. The van der Waals surface area contributed by atoms with Gasteiger partial charge in [-0.2, -0.15) is 0 Å². The van der Waals surface area contributed by atoms with Crippen LogP contribution in [0.5, 0.6) is 0 Å². The molecule has 0 aromatic heterocycles. The molecule has 2 atom stereocenters. The molecule has 0 fully saturated rings. The predicted molar refractivity (Wildman–Crippen MR) is 80.7 cm³/mol. The number of Topliss-reactive ketones (excluding diaryl/α,β-unsaturated/α-hetero) is 1. The molecule has 0 aliphatic heterocycles. The fourth-order valence-corrected chi connectivity index (χ4v) is 2.06. The Balaban J connectivity index is 2.47. The first-order chi connectivity index (χ1) is 9.93. The lowest BCUT2D eigenvalue weighted by Gasteiger charge is -2.15. The number of nitrogens with one attached hydrogen (secondary N) is 2. The summed E-state index contributed by atoms with van der Waals surface area (Å²) in [6.07, 6.45) is 0.105. The highest BCUT2D eigenvalue weighted by Crippen LogP contribution is 2.13. The third-order valence-corrected chi connectivity index (χ3v) is 3.21. The van der Waals surface area contributed by atoms with Crippen LogP contribution in [0.1, 0.15) is 37.6 Å². The van der Waals surface area contributed by atoms with Gasteiger partial charge in [0.25, 0.3) is 0 Å². The van der Waals surface area contributed by atoms with E-state index in [1.165, 1.54) is 18.2 Å². The molecule has 1 rings (SSSR count). The van der Waals surface area contributed by atoms with Gasteiger partial charge in [-0.3, -0.25) is 9.59 Å². The maximum Gasteiger partial charge on any atom is 0.220 e. The average molecular weight is 294 g/mol. The molecule has 0 aliphatic carbocycles. The topological polar surface area (TPSA) is 58.2 Å². The third kappa shape index (κ3) is 6.04. The molecule has 4 nitrogen and oxygen atoms in total. The summed E-state index contributed by atoms with van der Waals surface area (Å²) in [6.45, 7) is 7.02. The van der Waals surface area contributed by atoms with E-state index in [1.54, 1.807) is 13.0 Å². The number of hydrogen-bond donors (Lipinski definition) is 2. The van der Waals surface area contributed by atoms with Gasteiger partial charge < -0.3 is 10.6 Å². The molecule has 0 heterocycles. The quantitative estimate of drug-likeness (QED) is 0.722. The minimum atomic E-state index is -0.471. The van der Waals surface area contributed by atoms with Crippen LogP contribution in [-0.2, 0) is 4.79 Å². The Kier molecular flexibility index (Phi) is 7.02. The number of carbonyl (C=O) groups excluding carboxylic acids is 2. The predicted octanol–water partition coefficient (Wildman–Crippen LogP) is 2.15. The highest BCUT2D eigenvalue weighted by Gasteiger charge is 2.19. The molecule has 1 amide bonds. The largest absolute Gasteiger partial charge is 0.355 e. The van der Waals surface area contributed by atoms with Gasteiger partial charge in [-0.05, 0) is 25.6 Å². The van der Waals surface area contributed by atoms with E-state index in [-0.39, 0.29) is 24.2 Å². The molecule has 0 radical (unpaired) electrons. The molecule has 1 aromatic rings. The summed E-state index contributed by atoms with van der Waals surface area (Å²) in [6, 6.07) is 5.73. The number of ketones is 1. The Bertz CT molecular complexity index is 491. The molecule has 2 N–H and O–H groups in total. The van der Waals surface area contributed by atoms with Crippen molar-refractivity contribution in [1.82, 2.24) is 10.6 Å². The lowest BCUT2D eigenvalue weighted by atomic mass is 9.96. The van der Waals surface area contributed by atoms with Crippen molar-refractivity contribution in [2.24, 2.45) is 5.92 Å². The van der Waals surface area contributed by atoms with E-state index in [0.717, 1.165) is 6.54 Å². The molecular formula is C16H23FN2O2. The fourth-order valence-electron chi connectivity index (χ4n) is 2.06. The molecule has 116 valence electrons. The van der Waals surface area contributed by atoms with E-state index in [2.05, 4.69) is 10.6 Å². The van der Waals surface area contributed by atoms with Crippen LogP contribution in [0.2, 0.25) is 0 Å². The highest BCUT2D eigenvalue weighted by atomic mass is 19.1. The SMILES string of the molecule is CCN[C@H](C)CNC(=O)CC(C)C(=O)c1cccc(F)c1. The zero-order valence-corrected chi connectivity index (χ0v) is 12.8. The minimum absolute atomic E-state index is 0.105. The van der Waals surface area contributed by atoms with Crippen LogP contribution >= 0.6 is 0 Å². The van der Waals surface area contributed by atoms with Crippen LogP contribution in [0.15, 0.2) is 24.3 Å². The van der Waals surface area contributed by atoms with Crippen molar-refractivity contribution >= 4 is 11.7 Å². The second-order valence-electron chi connectivity index (χ2n) is 5.24. The highest BCUT2D eigenvalue weighted by molar-refractivity contribution is 5.99. The summed E-state index contributed by atoms with van der Waals surface area (Å²) in [7, 11) is 0. The van der Waals surface area contributed by atoms with Crippen LogP contribution in [-0.4, -0.2) is 30.8 Å². The number of benzene rings is 1. The van der Waals surface area contributed by atoms with Crippen molar-refractivity contribution in [3.05, 3.63) is 35.6 Å². The number of carbonyl (C=O) groups is 2. The molecule has 1 aromatic carbocycles. The van der Waals surface area contributed by atoms with Gasteiger partial charge in [-0.15, -0.1) is 0 Å². The Morgan fingerprint density at radius 3 is 2.62 bits per heavy atom. The van der Waals surface area contributed by atoms with Gasteiger partial charge in [0.05, 0.1) is 0 Å². The monoisotopic (exact) mass is 294 g/mol. The first-order valence-corrected chi connectivity index (χ1v) is 7.23. The van der Waals surface area contributed by atoms with Gasteiger partial charge >= 0.3 is 0 Å².